The van der Waals surface area contributed by atoms with Crippen molar-refractivity contribution in [3.63, 3.8) is 0 Å². The average Bonchev–Trinajstić information content (AvgIpc) is 1.60. The Bertz CT molecular complexity index is 6610. The Morgan fingerprint density at radius 1 is 0.179 bits per heavy atom. The molecule has 14 aromatic carbocycles. The van der Waals surface area contributed by atoms with Crippen LogP contribution < -0.4 is 0 Å². The van der Waals surface area contributed by atoms with Gasteiger partial charge in [0.15, 0.2) is 0 Å². The van der Waals surface area contributed by atoms with Crippen LogP contribution in [-0.2, 0) is 66.3 Å². The Kier molecular flexibility index (Phi) is 57.2. The van der Waals surface area contributed by atoms with Gasteiger partial charge in [0.2, 0.25) is 0 Å². The highest BCUT2D eigenvalue weighted by molar-refractivity contribution is 6.17. The maximum absolute atomic E-state index is 2.45. The van der Waals surface area contributed by atoms with Crippen LogP contribution in [0, 0.1) is 0 Å². The van der Waals surface area contributed by atoms with Gasteiger partial charge in [-0.05, 0) is 183 Å². The van der Waals surface area contributed by atoms with Crippen LogP contribution in [0.15, 0.2) is 291 Å². The average molecular weight is 1880 g/mol. The summed E-state index contributed by atoms with van der Waals surface area (Å²) in [6.45, 7) is 75.3. The largest absolute Gasteiger partial charge is 0.344 e. The number of aryl methyl sites for hydroxylation is 5. The zero-order chi connectivity index (χ0) is 105. The summed E-state index contributed by atoms with van der Waals surface area (Å²) in [5.74, 6) is 0. The smallest absolute Gasteiger partial charge is 0.0571 e. The van der Waals surface area contributed by atoms with Gasteiger partial charge in [-0.25, -0.2) is 0 Å². The fourth-order valence-electron chi connectivity index (χ4n) is 19.1. The lowest BCUT2D eigenvalue weighted by Crippen LogP contribution is -1.96. The quantitative estimate of drug-likeness (QED) is 0.165. The van der Waals surface area contributed by atoms with E-state index in [1.54, 1.807) is 0 Å². The van der Waals surface area contributed by atoms with Gasteiger partial charge in [-0.3, -0.25) is 0 Å². The Balaban J connectivity index is 0.000000415. The molecule has 5 aromatic heterocycles. The third-order valence-electron chi connectivity index (χ3n) is 23.6. The van der Waals surface area contributed by atoms with E-state index in [1.807, 2.05) is 194 Å². The van der Waals surface area contributed by atoms with Crippen LogP contribution in [0.25, 0.3) is 154 Å². The molecule has 5 heterocycles. The first kappa shape index (κ1) is 122. The van der Waals surface area contributed by atoms with Gasteiger partial charge in [-0.2, -0.15) is 0 Å². The van der Waals surface area contributed by atoms with E-state index in [0.717, 1.165) is 45.2 Å². The van der Waals surface area contributed by atoms with Crippen LogP contribution in [0.1, 0.15) is 324 Å². The maximum Gasteiger partial charge on any atom is 0.0571 e. The van der Waals surface area contributed by atoms with Gasteiger partial charge in [0, 0.05) is 144 Å². The van der Waals surface area contributed by atoms with Crippen molar-refractivity contribution < 1.29 is 0 Å². The summed E-state index contributed by atoms with van der Waals surface area (Å²) in [4.78, 5) is 0. The molecule has 0 N–H and O–H groups in total. The summed E-state index contributed by atoms with van der Waals surface area (Å²) in [6, 6.07) is 106. The van der Waals surface area contributed by atoms with Gasteiger partial charge >= 0.3 is 0 Å². The second-order valence-corrected chi connectivity index (χ2v) is 30.8. The van der Waals surface area contributed by atoms with Crippen LogP contribution >= 0.6 is 0 Å². The number of nitrogens with zero attached hydrogens (tertiary/aromatic N) is 5. The Morgan fingerprint density at radius 2 is 0.436 bits per heavy atom. The molecule has 19 aromatic rings. The molecule has 0 aliphatic heterocycles. The molecule has 0 fully saturated rings. The Hall–Kier alpha value is -12.2. The molecule has 750 valence electrons. The molecule has 24 rings (SSSR count). The van der Waals surface area contributed by atoms with Gasteiger partial charge in [-0.15, -0.1) is 0 Å². The standard InChI is InChI=1S/C21H17N.3C20H15N.C17H15N.3C3H8.14C2H6/c1-2-22-19-10-6-5-9-17(19)21-18-13-14-7-3-4-8-15(14)16(18)11-12-20(21)22;1-21-18-9-5-4-8-16(18)17-11-10-14-12-13-6-2-3-7-15(13)19(14)20(17)21;2*1-21-18-9-5-4-8-16(18)20-17-12-13-6-2-3-7-14(13)15(17)10-11-19(20)21;1-2-18-16-10-6-5-9-14(16)15-11-12-7-3-4-8-13(12)17(15)18;3*1-3-2;14*1-2/h3-12H,2,13H2,1H3;3*2-11H,12H2,1H3;3-10H,2,11H2,1H3;3*3H2,1-2H3;14*1-2H3. The highest BCUT2D eigenvalue weighted by atomic mass is 15.0. The summed E-state index contributed by atoms with van der Waals surface area (Å²) in [7, 11) is 6.52. The SMILES string of the molecule is CC.CC.CC.CC.CC.CC.CC.CC.CC.CC.CC.CC.CC.CC.CCC.CCC.CCC.CCn1c2c(c3ccccc31)Cc1ccccc1-2.CCn1c2ccccc2c2c3c(ccc21)-c1ccccc1C3.Cn1c2ccccc2c2c3c(ccc21)-c1ccccc1C3.Cn1c2ccccc2c2c3c(ccc21)-c1ccccc1C3.Cn1c2ccccc2c2ccc3c(c21)-c1ccccc1C3. The number of aromatic nitrogens is 5. The summed E-state index contributed by atoms with van der Waals surface area (Å²) in [5.41, 5.74) is 41.0. The summed E-state index contributed by atoms with van der Waals surface area (Å²) < 4.78 is 11.9. The lowest BCUT2D eigenvalue weighted by molar-refractivity contribution is 0.805. The van der Waals surface area contributed by atoms with E-state index < -0.39 is 0 Å². The van der Waals surface area contributed by atoms with E-state index in [2.05, 4.69) is 391 Å². The molecule has 5 nitrogen and oxygen atoms in total. The lowest BCUT2D eigenvalue weighted by atomic mass is 10.0. The molecule has 0 bridgehead atoms. The van der Waals surface area contributed by atoms with Crippen molar-refractivity contribution in [2.24, 2.45) is 21.1 Å². The summed E-state index contributed by atoms with van der Waals surface area (Å²) in [6.07, 6.45) is 9.05. The maximum atomic E-state index is 2.45. The molecule has 5 aliphatic carbocycles. The van der Waals surface area contributed by atoms with E-state index in [1.165, 1.54) is 229 Å². The van der Waals surface area contributed by atoms with Gasteiger partial charge in [0.05, 0.1) is 11.2 Å². The number of rotatable bonds is 2. The first-order chi connectivity index (χ1) is 69.1. The molecule has 5 heteroatoms. The Morgan fingerprint density at radius 3 is 0.800 bits per heavy atom. The molecule has 0 amide bonds. The van der Waals surface area contributed by atoms with E-state index >= 15 is 0 Å². The monoisotopic (exact) mass is 1880 g/mol. The summed E-state index contributed by atoms with van der Waals surface area (Å²) in [5, 5.41) is 12.6. The molecule has 0 unspecified atom stereocenters. The van der Waals surface area contributed by atoms with Crippen LogP contribution in [0.5, 0.6) is 0 Å². The van der Waals surface area contributed by atoms with Crippen LogP contribution in [0.4, 0.5) is 0 Å². The highest BCUT2D eigenvalue weighted by Gasteiger charge is 2.30. The number of hydrogen-bond donors (Lipinski definition) is 0. The van der Waals surface area contributed by atoms with E-state index in [4.69, 9.17) is 0 Å². The molecule has 0 saturated carbocycles. The van der Waals surface area contributed by atoms with Crippen molar-refractivity contribution in [2.45, 2.75) is 314 Å². The molecular weight excluding hydrogens is 1690 g/mol. The van der Waals surface area contributed by atoms with Crippen molar-refractivity contribution in [2.75, 3.05) is 0 Å². The first-order valence-electron chi connectivity index (χ1n) is 55.1. The molecule has 0 spiro atoms. The zero-order valence-electron chi connectivity index (χ0n) is 95.0. The van der Waals surface area contributed by atoms with Gasteiger partial charge < -0.3 is 22.8 Å². The molecule has 5 aliphatic rings. The van der Waals surface area contributed by atoms with Crippen molar-refractivity contribution in [1.29, 1.82) is 0 Å². The molecular formula is C135H185N5. The van der Waals surface area contributed by atoms with Crippen molar-refractivity contribution in [3.05, 3.63) is 347 Å². The van der Waals surface area contributed by atoms with Gasteiger partial charge in [0.1, 0.15) is 0 Å². The fourth-order valence-corrected chi connectivity index (χ4v) is 19.1. The second kappa shape index (κ2) is 65.7. The van der Waals surface area contributed by atoms with E-state index in [-0.39, 0.29) is 0 Å². The minimum atomic E-state index is 1.01. The molecule has 0 saturated heterocycles. The van der Waals surface area contributed by atoms with Crippen LogP contribution in [0.2, 0.25) is 0 Å². The lowest BCUT2D eigenvalue weighted by Gasteiger charge is -2.07. The third-order valence-corrected chi connectivity index (χ3v) is 23.6. The summed E-state index contributed by atoms with van der Waals surface area (Å²) >= 11 is 0. The molecule has 0 atom stereocenters. The Labute approximate surface area is 852 Å². The van der Waals surface area contributed by atoms with Crippen LogP contribution in [-0.4, -0.2) is 22.8 Å². The second-order valence-electron chi connectivity index (χ2n) is 30.8. The van der Waals surface area contributed by atoms with E-state index in [0.29, 0.717) is 0 Å². The minimum Gasteiger partial charge on any atom is -0.344 e. The van der Waals surface area contributed by atoms with Crippen LogP contribution in [0.3, 0.4) is 0 Å². The fraction of sp³-hybridized carbons (Fsp3) is 0.363. The zero-order valence-corrected chi connectivity index (χ0v) is 95.0. The van der Waals surface area contributed by atoms with E-state index in [9.17, 15) is 0 Å². The molecule has 140 heavy (non-hydrogen) atoms. The highest BCUT2D eigenvalue weighted by Crippen LogP contribution is 2.49. The number of para-hydroxylation sites is 5. The van der Waals surface area contributed by atoms with Gasteiger partial charge in [-0.1, -0.05) is 497 Å². The predicted octanol–water partition coefficient (Wildman–Crippen LogP) is 42.9. The predicted molar refractivity (Wildman–Crippen MR) is 642 cm³/mol. The van der Waals surface area contributed by atoms with Crippen molar-refractivity contribution in [3.8, 4) is 55.8 Å². The number of fused-ring (bicyclic) bond motifs is 33. The first-order valence-corrected chi connectivity index (χ1v) is 55.1. The van der Waals surface area contributed by atoms with Crippen molar-refractivity contribution >= 4 is 98.1 Å². The number of benzene rings is 14. The molecule has 0 radical (unpaired) electrons. The van der Waals surface area contributed by atoms with Crippen molar-refractivity contribution in [1.82, 2.24) is 22.8 Å². The minimum absolute atomic E-state index is 1.01. The topological polar surface area (TPSA) is 24.6 Å². The normalized spacial score (nSPS) is 10.4. The third kappa shape index (κ3) is 26.1. The number of hydrogen-bond acceptors (Lipinski definition) is 0. The van der Waals surface area contributed by atoms with Gasteiger partial charge in [0.25, 0.3) is 0 Å².